The van der Waals surface area contributed by atoms with Crippen molar-refractivity contribution < 1.29 is 9.53 Å². The summed E-state index contributed by atoms with van der Waals surface area (Å²) in [5.74, 6) is 1.13. The third-order valence-electron chi connectivity index (χ3n) is 2.41. The van der Waals surface area contributed by atoms with Crippen molar-refractivity contribution in [1.82, 2.24) is 9.55 Å². The Hall–Kier alpha value is -1.52. The number of anilines is 1. The van der Waals surface area contributed by atoms with Crippen molar-refractivity contribution in [2.24, 2.45) is 5.92 Å². The molecule has 0 saturated heterocycles. The highest BCUT2D eigenvalue weighted by Crippen LogP contribution is 2.18. The standard InChI is InChI=1S/C12H21N3O2/c1-5-9-14-11(13)10(12(16)17-6-2)15(9)7-8(3)4/h8H,5-7,13H2,1-4H3. The summed E-state index contributed by atoms with van der Waals surface area (Å²) in [4.78, 5) is 16.1. The normalized spacial score (nSPS) is 10.9. The van der Waals surface area contributed by atoms with E-state index >= 15 is 0 Å². The predicted molar refractivity (Wildman–Crippen MR) is 66.8 cm³/mol. The molecule has 0 unspecified atom stereocenters. The first-order valence-electron chi connectivity index (χ1n) is 6.03. The maximum absolute atomic E-state index is 11.8. The van der Waals surface area contributed by atoms with Gasteiger partial charge in [0, 0.05) is 13.0 Å². The van der Waals surface area contributed by atoms with E-state index in [-0.39, 0.29) is 5.82 Å². The summed E-state index contributed by atoms with van der Waals surface area (Å²) < 4.78 is 6.88. The van der Waals surface area contributed by atoms with Crippen LogP contribution < -0.4 is 5.73 Å². The number of imidazole rings is 1. The third kappa shape index (κ3) is 2.99. The van der Waals surface area contributed by atoms with Gasteiger partial charge in [0.2, 0.25) is 0 Å². The molecule has 0 atom stereocenters. The van der Waals surface area contributed by atoms with E-state index in [4.69, 9.17) is 10.5 Å². The van der Waals surface area contributed by atoms with Gasteiger partial charge in [-0.1, -0.05) is 20.8 Å². The average Bonchev–Trinajstić information content (AvgIpc) is 2.54. The molecule has 0 spiro atoms. The molecule has 1 heterocycles. The van der Waals surface area contributed by atoms with Crippen LogP contribution in [0, 0.1) is 5.92 Å². The second-order valence-electron chi connectivity index (χ2n) is 4.34. The summed E-state index contributed by atoms with van der Waals surface area (Å²) >= 11 is 0. The number of aromatic nitrogens is 2. The van der Waals surface area contributed by atoms with Gasteiger partial charge in [-0.05, 0) is 12.8 Å². The summed E-state index contributed by atoms with van der Waals surface area (Å²) in [6.45, 7) is 9.01. The van der Waals surface area contributed by atoms with Crippen LogP contribution in [0.1, 0.15) is 44.0 Å². The van der Waals surface area contributed by atoms with Crippen LogP contribution in [-0.2, 0) is 17.7 Å². The number of hydrogen-bond donors (Lipinski definition) is 1. The first kappa shape index (κ1) is 13.5. The molecule has 0 radical (unpaired) electrons. The van der Waals surface area contributed by atoms with E-state index in [1.54, 1.807) is 6.92 Å². The molecular formula is C12H21N3O2. The van der Waals surface area contributed by atoms with E-state index in [2.05, 4.69) is 18.8 Å². The molecule has 0 fully saturated rings. The van der Waals surface area contributed by atoms with Gasteiger partial charge in [-0.15, -0.1) is 0 Å². The molecular weight excluding hydrogens is 218 g/mol. The zero-order chi connectivity index (χ0) is 13.0. The maximum Gasteiger partial charge on any atom is 0.358 e. The van der Waals surface area contributed by atoms with E-state index in [0.29, 0.717) is 18.2 Å². The molecule has 0 aliphatic rings. The maximum atomic E-state index is 11.8. The second kappa shape index (κ2) is 5.70. The minimum Gasteiger partial charge on any atom is -0.461 e. The highest BCUT2D eigenvalue weighted by Gasteiger charge is 2.22. The highest BCUT2D eigenvalue weighted by atomic mass is 16.5. The van der Waals surface area contributed by atoms with Gasteiger partial charge in [-0.25, -0.2) is 9.78 Å². The number of nitrogens with zero attached hydrogens (tertiary/aromatic N) is 2. The van der Waals surface area contributed by atoms with Crippen molar-refractivity contribution in [3.8, 4) is 0 Å². The molecule has 0 aliphatic carbocycles. The lowest BCUT2D eigenvalue weighted by molar-refractivity contribution is 0.0514. The first-order valence-corrected chi connectivity index (χ1v) is 6.03. The van der Waals surface area contributed by atoms with Crippen LogP contribution in [0.5, 0.6) is 0 Å². The topological polar surface area (TPSA) is 70.1 Å². The van der Waals surface area contributed by atoms with Crippen LogP contribution in [0.3, 0.4) is 0 Å². The van der Waals surface area contributed by atoms with Gasteiger partial charge in [-0.3, -0.25) is 0 Å². The number of esters is 1. The fourth-order valence-corrected chi connectivity index (χ4v) is 1.77. The molecule has 17 heavy (non-hydrogen) atoms. The molecule has 5 heteroatoms. The second-order valence-corrected chi connectivity index (χ2v) is 4.34. The Labute approximate surface area is 102 Å². The average molecular weight is 239 g/mol. The lowest BCUT2D eigenvalue weighted by Gasteiger charge is -2.12. The summed E-state index contributed by atoms with van der Waals surface area (Å²) in [6, 6.07) is 0. The Morgan fingerprint density at radius 1 is 1.47 bits per heavy atom. The Kier molecular flexibility index (Phi) is 4.54. The summed E-state index contributed by atoms with van der Waals surface area (Å²) in [5, 5.41) is 0. The summed E-state index contributed by atoms with van der Waals surface area (Å²) in [5.41, 5.74) is 6.18. The minimum atomic E-state index is -0.391. The van der Waals surface area contributed by atoms with Crippen LogP contribution in [-0.4, -0.2) is 22.1 Å². The van der Waals surface area contributed by atoms with E-state index in [9.17, 15) is 4.79 Å². The van der Waals surface area contributed by atoms with Crippen molar-refractivity contribution in [1.29, 1.82) is 0 Å². The van der Waals surface area contributed by atoms with Gasteiger partial charge in [0.15, 0.2) is 11.5 Å². The Balaban J connectivity index is 3.16. The highest BCUT2D eigenvalue weighted by molar-refractivity contribution is 5.92. The van der Waals surface area contributed by atoms with Crippen LogP contribution in [0.15, 0.2) is 0 Å². The number of ether oxygens (including phenoxy) is 1. The molecule has 0 aliphatic heterocycles. The van der Waals surface area contributed by atoms with Crippen LogP contribution >= 0.6 is 0 Å². The first-order chi connectivity index (χ1) is 8.01. The summed E-state index contributed by atoms with van der Waals surface area (Å²) in [6.07, 6.45) is 0.746. The van der Waals surface area contributed by atoms with Crippen LogP contribution in [0.4, 0.5) is 5.82 Å². The molecule has 0 saturated carbocycles. The van der Waals surface area contributed by atoms with Crippen LogP contribution in [0.2, 0.25) is 0 Å². The van der Waals surface area contributed by atoms with Crippen molar-refractivity contribution in [2.75, 3.05) is 12.3 Å². The molecule has 5 nitrogen and oxygen atoms in total. The Morgan fingerprint density at radius 2 is 2.12 bits per heavy atom. The van der Waals surface area contributed by atoms with Crippen molar-refractivity contribution >= 4 is 11.8 Å². The fourth-order valence-electron chi connectivity index (χ4n) is 1.77. The van der Waals surface area contributed by atoms with Gasteiger partial charge in [0.1, 0.15) is 5.82 Å². The molecule has 1 rings (SSSR count). The van der Waals surface area contributed by atoms with E-state index in [0.717, 1.165) is 18.8 Å². The number of carbonyl (C=O) groups is 1. The van der Waals surface area contributed by atoms with Gasteiger partial charge < -0.3 is 15.0 Å². The smallest absolute Gasteiger partial charge is 0.358 e. The SMILES string of the molecule is CCOC(=O)c1c(N)nc(CC)n1CC(C)C. The lowest BCUT2D eigenvalue weighted by Crippen LogP contribution is -2.17. The van der Waals surface area contributed by atoms with Gasteiger partial charge in [0.25, 0.3) is 0 Å². The van der Waals surface area contributed by atoms with E-state index in [1.165, 1.54) is 0 Å². The van der Waals surface area contributed by atoms with Crippen LogP contribution in [0.25, 0.3) is 0 Å². The Bertz CT molecular complexity index is 397. The monoisotopic (exact) mass is 239 g/mol. The zero-order valence-electron chi connectivity index (χ0n) is 11.0. The molecule has 96 valence electrons. The Morgan fingerprint density at radius 3 is 2.59 bits per heavy atom. The number of aryl methyl sites for hydroxylation is 1. The number of carbonyl (C=O) groups excluding carboxylic acids is 1. The van der Waals surface area contributed by atoms with Gasteiger partial charge in [0.05, 0.1) is 6.61 Å². The predicted octanol–water partition coefficient (Wildman–Crippen LogP) is 1.86. The molecule has 2 N–H and O–H groups in total. The summed E-state index contributed by atoms with van der Waals surface area (Å²) in [7, 11) is 0. The van der Waals surface area contributed by atoms with E-state index < -0.39 is 5.97 Å². The number of nitrogens with two attached hydrogens (primary N) is 1. The van der Waals surface area contributed by atoms with Crippen molar-refractivity contribution in [3.63, 3.8) is 0 Å². The van der Waals surface area contributed by atoms with Gasteiger partial charge >= 0.3 is 5.97 Å². The zero-order valence-corrected chi connectivity index (χ0v) is 11.0. The minimum absolute atomic E-state index is 0.265. The third-order valence-corrected chi connectivity index (χ3v) is 2.41. The quantitative estimate of drug-likeness (QED) is 0.796. The number of rotatable bonds is 5. The largest absolute Gasteiger partial charge is 0.461 e. The van der Waals surface area contributed by atoms with E-state index in [1.807, 2.05) is 11.5 Å². The number of nitrogen functional groups attached to an aromatic ring is 1. The molecule has 1 aromatic rings. The van der Waals surface area contributed by atoms with Crippen molar-refractivity contribution in [3.05, 3.63) is 11.5 Å². The molecule has 0 aromatic carbocycles. The van der Waals surface area contributed by atoms with Crippen molar-refractivity contribution in [2.45, 2.75) is 40.7 Å². The number of hydrogen-bond acceptors (Lipinski definition) is 4. The fraction of sp³-hybridized carbons (Fsp3) is 0.667. The molecule has 1 aromatic heterocycles. The van der Waals surface area contributed by atoms with Gasteiger partial charge in [-0.2, -0.15) is 0 Å². The lowest BCUT2D eigenvalue weighted by atomic mass is 10.2. The molecule has 0 bridgehead atoms. The molecule has 0 amide bonds.